The van der Waals surface area contributed by atoms with E-state index in [1.165, 1.54) is 6.07 Å². The van der Waals surface area contributed by atoms with Crippen molar-refractivity contribution < 1.29 is 36.2 Å². The lowest BCUT2D eigenvalue weighted by atomic mass is 10.1. The van der Waals surface area contributed by atoms with Crippen molar-refractivity contribution in [1.29, 1.82) is 0 Å². The molecule has 6 nitrogen and oxygen atoms in total. The van der Waals surface area contributed by atoms with Gasteiger partial charge in [-0.15, -0.1) is 0 Å². The highest BCUT2D eigenvalue weighted by Gasteiger charge is 2.52. The van der Waals surface area contributed by atoms with Crippen LogP contribution in [0, 0.1) is 11.8 Å². The molecule has 2 aromatic carbocycles. The molecule has 4 rings (SSSR count). The number of aliphatic carboxylic acids is 1. The Labute approximate surface area is 178 Å². The largest absolute Gasteiger partial charge is 0.486 e. The molecule has 0 bridgehead atoms. The minimum absolute atomic E-state index is 0.172. The van der Waals surface area contributed by atoms with Gasteiger partial charge in [-0.25, -0.2) is 8.42 Å². The highest BCUT2D eigenvalue weighted by Crippen LogP contribution is 2.48. The van der Waals surface area contributed by atoms with Crippen molar-refractivity contribution in [3.8, 4) is 5.75 Å². The highest BCUT2D eigenvalue weighted by molar-refractivity contribution is 9.10. The van der Waals surface area contributed by atoms with Gasteiger partial charge < -0.3 is 9.84 Å². The topological polar surface area (TPSA) is 83.9 Å². The van der Waals surface area contributed by atoms with Crippen molar-refractivity contribution in [1.82, 2.24) is 0 Å². The van der Waals surface area contributed by atoms with E-state index in [0.29, 0.717) is 17.0 Å². The molecule has 1 fully saturated rings. The minimum atomic E-state index is -4.69. The molecule has 0 radical (unpaired) electrons. The first-order valence-corrected chi connectivity index (χ1v) is 11.1. The summed E-state index contributed by atoms with van der Waals surface area (Å²) in [5.41, 5.74) is -0.901. The van der Waals surface area contributed by atoms with Crippen LogP contribution in [-0.2, 0) is 21.0 Å². The van der Waals surface area contributed by atoms with Crippen molar-refractivity contribution in [2.75, 3.05) is 10.8 Å². The number of benzene rings is 2. The molecule has 0 amide bonds. The average Bonchev–Trinajstić information content (AvgIpc) is 3.48. The number of carbonyl (C=O) groups is 1. The molecule has 160 valence electrons. The van der Waals surface area contributed by atoms with Gasteiger partial charge in [-0.1, -0.05) is 22.0 Å². The number of ether oxygens (including phenoxy) is 1. The molecule has 3 atom stereocenters. The zero-order valence-corrected chi connectivity index (χ0v) is 17.5. The molecular formula is C19H15BrF3NO5S. The van der Waals surface area contributed by atoms with E-state index in [0.717, 1.165) is 22.5 Å². The number of rotatable bonds is 4. The van der Waals surface area contributed by atoms with Gasteiger partial charge in [0.05, 0.1) is 28.6 Å². The van der Waals surface area contributed by atoms with Gasteiger partial charge in [0.1, 0.15) is 11.9 Å². The van der Waals surface area contributed by atoms with Crippen molar-refractivity contribution >= 4 is 37.6 Å². The Balaban J connectivity index is 1.76. The van der Waals surface area contributed by atoms with Gasteiger partial charge in [-0.2, -0.15) is 13.2 Å². The summed E-state index contributed by atoms with van der Waals surface area (Å²) in [6, 6.07) is 8.21. The first-order chi connectivity index (χ1) is 14.0. The number of sulfonamides is 1. The normalized spacial score (nSPS) is 23.5. The fourth-order valence-electron chi connectivity index (χ4n) is 3.57. The third-order valence-corrected chi connectivity index (χ3v) is 7.47. The van der Waals surface area contributed by atoms with Gasteiger partial charge in [0.15, 0.2) is 0 Å². The average molecular weight is 506 g/mol. The number of halogens is 4. The molecule has 30 heavy (non-hydrogen) atoms. The molecule has 0 spiro atoms. The molecule has 0 saturated heterocycles. The van der Waals surface area contributed by atoms with Crippen molar-refractivity contribution in [2.45, 2.75) is 23.6 Å². The Kier molecular flexibility index (Phi) is 5.00. The van der Waals surface area contributed by atoms with Crippen molar-refractivity contribution in [3.05, 3.63) is 52.5 Å². The number of hydrogen-bond donors (Lipinski definition) is 1. The van der Waals surface area contributed by atoms with E-state index in [2.05, 4.69) is 15.9 Å². The molecule has 2 aliphatic rings. The maximum Gasteiger partial charge on any atom is 0.416 e. The summed E-state index contributed by atoms with van der Waals surface area (Å²) in [5.74, 6) is -1.78. The first-order valence-electron chi connectivity index (χ1n) is 8.87. The minimum Gasteiger partial charge on any atom is -0.486 e. The summed E-state index contributed by atoms with van der Waals surface area (Å²) >= 11 is 3.26. The Bertz CT molecular complexity index is 1120. The van der Waals surface area contributed by atoms with E-state index in [4.69, 9.17) is 4.74 Å². The van der Waals surface area contributed by atoms with Crippen molar-refractivity contribution in [3.63, 3.8) is 0 Å². The van der Waals surface area contributed by atoms with Crippen LogP contribution < -0.4 is 9.04 Å². The van der Waals surface area contributed by atoms with E-state index in [-0.39, 0.29) is 23.9 Å². The van der Waals surface area contributed by atoms with E-state index in [1.807, 2.05) is 0 Å². The van der Waals surface area contributed by atoms with Crippen LogP contribution in [0.5, 0.6) is 5.75 Å². The molecule has 1 N–H and O–H groups in total. The monoisotopic (exact) mass is 505 g/mol. The van der Waals surface area contributed by atoms with Crippen LogP contribution in [0.2, 0.25) is 0 Å². The highest BCUT2D eigenvalue weighted by atomic mass is 79.9. The maximum absolute atomic E-state index is 13.3. The van der Waals surface area contributed by atoms with Gasteiger partial charge in [-0.05, 0) is 42.8 Å². The van der Waals surface area contributed by atoms with E-state index >= 15 is 0 Å². The third-order valence-electron chi connectivity index (χ3n) is 5.20. The van der Waals surface area contributed by atoms with Crippen LogP contribution in [0.3, 0.4) is 0 Å². The molecule has 1 aliphatic heterocycles. The molecule has 0 aromatic heterocycles. The van der Waals surface area contributed by atoms with E-state index < -0.39 is 44.6 Å². The van der Waals surface area contributed by atoms with Gasteiger partial charge >= 0.3 is 12.1 Å². The van der Waals surface area contributed by atoms with Gasteiger partial charge in [-0.3, -0.25) is 9.10 Å². The molecular weight excluding hydrogens is 491 g/mol. The second-order valence-electron chi connectivity index (χ2n) is 7.17. The number of fused-ring (bicyclic) bond motifs is 1. The smallest absolute Gasteiger partial charge is 0.416 e. The van der Waals surface area contributed by atoms with Crippen LogP contribution in [0.15, 0.2) is 51.8 Å². The van der Waals surface area contributed by atoms with Crippen LogP contribution >= 0.6 is 15.9 Å². The Hall–Kier alpha value is -2.27. The van der Waals surface area contributed by atoms with E-state index in [9.17, 15) is 31.5 Å². The quantitative estimate of drug-likeness (QED) is 0.674. The zero-order valence-electron chi connectivity index (χ0n) is 15.1. The molecule has 0 unspecified atom stereocenters. The van der Waals surface area contributed by atoms with Crippen molar-refractivity contribution in [2.24, 2.45) is 11.8 Å². The summed E-state index contributed by atoms with van der Waals surface area (Å²) in [6.07, 6.45) is -5.06. The zero-order chi connectivity index (χ0) is 21.8. The first kappa shape index (κ1) is 21.0. The summed E-state index contributed by atoms with van der Waals surface area (Å²) in [6.45, 7) is -0.198. The summed E-state index contributed by atoms with van der Waals surface area (Å²) in [4.78, 5) is 10.7. The number of alkyl halides is 3. The predicted molar refractivity (Wildman–Crippen MR) is 104 cm³/mol. The number of carboxylic acid groups (broad SMARTS) is 1. The second-order valence-corrected chi connectivity index (χ2v) is 9.95. The lowest BCUT2D eigenvalue weighted by molar-refractivity contribution is -0.139. The molecule has 1 saturated carbocycles. The van der Waals surface area contributed by atoms with Gasteiger partial charge in [0.25, 0.3) is 10.0 Å². The standard InChI is InChI=1S/C19H15BrF3NO5S/c20-11-4-5-16-15(7-11)24(9-17(29-16)13-8-14(13)18(25)26)30(27,28)12-3-1-2-10(6-12)19(21,22)23/h1-7,13-14,17H,8-9H2,(H,25,26)/t13-,14-,17+/m0/s1. The maximum atomic E-state index is 13.3. The van der Waals surface area contributed by atoms with E-state index in [1.54, 1.807) is 12.1 Å². The number of hydrogen-bond acceptors (Lipinski definition) is 4. The lowest BCUT2D eigenvalue weighted by Crippen LogP contribution is -2.45. The summed E-state index contributed by atoms with van der Waals surface area (Å²) < 4.78 is 73.3. The van der Waals surface area contributed by atoms with Gasteiger partial charge in [0.2, 0.25) is 0 Å². The number of nitrogens with zero attached hydrogens (tertiary/aromatic N) is 1. The lowest BCUT2D eigenvalue weighted by Gasteiger charge is -2.36. The molecule has 1 heterocycles. The number of anilines is 1. The molecule has 11 heteroatoms. The van der Waals surface area contributed by atoms with Gasteiger partial charge in [0, 0.05) is 10.4 Å². The fourth-order valence-corrected chi connectivity index (χ4v) is 5.44. The Morgan fingerprint density at radius 1 is 1.20 bits per heavy atom. The van der Waals surface area contributed by atoms with Crippen LogP contribution in [-0.4, -0.2) is 32.1 Å². The summed E-state index contributed by atoms with van der Waals surface area (Å²) in [5, 5.41) is 9.20. The second kappa shape index (κ2) is 7.16. The SMILES string of the molecule is O=C(O)[C@H]1C[C@@H]1[C@H]1CN(S(=O)(=O)c2cccc(C(F)(F)F)c2)c2cc(Br)ccc2O1. The number of carboxylic acids is 1. The summed E-state index contributed by atoms with van der Waals surface area (Å²) in [7, 11) is -4.37. The Morgan fingerprint density at radius 3 is 2.57 bits per heavy atom. The Morgan fingerprint density at radius 2 is 1.93 bits per heavy atom. The fraction of sp³-hybridized carbons (Fsp3) is 0.316. The van der Waals surface area contributed by atoms with Crippen LogP contribution in [0.25, 0.3) is 0 Å². The molecule has 2 aromatic rings. The predicted octanol–water partition coefficient (Wildman–Crippen LogP) is 4.14. The van der Waals surface area contributed by atoms with Crippen LogP contribution in [0.1, 0.15) is 12.0 Å². The van der Waals surface area contributed by atoms with Crippen LogP contribution in [0.4, 0.5) is 18.9 Å². The molecule has 1 aliphatic carbocycles. The third kappa shape index (κ3) is 3.76.